The zero-order valence-corrected chi connectivity index (χ0v) is 11.6. The second kappa shape index (κ2) is 5.96. The number of benzene rings is 2. The van der Waals surface area contributed by atoms with Crippen molar-refractivity contribution in [2.45, 2.75) is 4.90 Å². The highest BCUT2D eigenvalue weighted by molar-refractivity contribution is 7.98. The largest absolute Gasteiger partial charge is 0.453 e. The lowest BCUT2D eigenvalue weighted by Gasteiger charge is -2.10. The van der Waals surface area contributed by atoms with Crippen LogP contribution in [0, 0.1) is 17.1 Å². The van der Waals surface area contributed by atoms with Gasteiger partial charge in [0.05, 0.1) is 5.02 Å². The average molecular weight is 294 g/mol. The fraction of sp³-hybridized carbons (Fsp3) is 0.0714. The van der Waals surface area contributed by atoms with Gasteiger partial charge in [0, 0.05) is 4.90 Å². The van der Waals surface area contributed by atoms with E-state index in [1.807, 2.05) is 12.3 Å². The summed E-state index contributed by atoms with van der Waals surface area (Å²) in [4.78, 5) is 0.780. The Bertz CT molecular complexity index is 654. The Morgan fingerprint density at radius 1 is 1.21 bits per heavy atom. The number of rotatable bonds is 3. The Labute approximate surface area is 119 Å². The molecule has 0 atom stereocenters. The van der Waals surface area contributed by atoms with Gasteiger partial charge < -0.3 is 4.74 Å². The maximum absolute atomic E-state index is 13.8. The van der Waals surface area contributed by atoms with E-state index in [0.717, 1.165) is 4.90 Å². The fourth-order valence-corrected chi connectivity index (χ4v) is 2.29. The molecule has 0 N–H and O–H groups in total. The molecule has 0 aliphatic rings. The minimum Gasteiger partial charge on any atom is -0.453 e. The normalized spacial score (nSPS) is 10.0. The van der Waals surface area contributed by atoms with Gasteiger partial charge in [0.15, 0.2) is 11.6 Å². The predicted octanol–water partition coefficient (Wildman–Crippen LogP) is 4.86. The molecule has 2 nitrogen and oxygen atoms in total. The summed E-state index contributed by atoms with van der Waals surface area (Å²) in [5, 5.41) is 9.15. The van der Waals surface area contributed by atoms with Crippen LogP contribution in [0.3, 0.4) is 0 Å². The van der Waals surface area contributed by atoms with E-state index in [0.29, 0.717) is 11.3 Å². The van der Waals surface area contributed by atoms with Crippen LogP contribution in [0.25, 0.3) is 0 Å². The topological polar surface area (TPSA) is 33.0 Å². The molecule has 0 fully saturated rings. The van der Waals surface area contributed by atoms with E-state index in [9.17, 15) is 4.39 Å². The zero-order chi connectivity index (χ0) is 13.8. The third kappa shape index (κ3) is 2.83. The summed E-state index contributed by atoms with van der Waals surface area (Å²) in [7, 11) is 0. The molecule has 19 heavy (non-hydrogen) atoms. The third-order valence-corrected chi connectivity index (χ3v) is 3.53. The highest BCUT2D eigenvalue weighted by atomic mass is 35.5. The molecular formula is C14H9ClFNOS. The van der Waals surface area contributed by atoms with Gasteiger partial charge in [0.1, 0.15) is 17.4 Å². The van der Waals surface area contributed by atoms with E-state index in [4.69, 9.17) is 21.6 Å². The van der Waals surface area contributed by atoms with Crippen LogP contribution in [0.4, 0.5) is 4.39 Å². The molecule has 5 heteroatoms. The van der Waals surface area contributed by atoms with Crippen molar-refractivity contribution in [3.63, 3.8) is 0 Å². The molecular weight excluding hydrogens is 285 g/mol. The molecule has 0 saturated carbocycles. The smallest absolute Gasteiger partial charge is 0.184 e. The van der Waals surface area contributed by atoms with E-state index >= 15 is 0 Å². The number of hydrogen-bond acceptors (Lipinski definition) is 3. The molecule has 0 unspecified atom stereocenters. The van der Waals surface area contributed by atoms with E-state index in [2.05, 4.69) is 6.07 Å². The fourth-order valence-electron chi connectivity index (χ4n) is 1.56. The number of nitriles is 1. The van der Waals surface area contributed by atoms with Crippen LogP contribution >= 0.6 is 23.4 Å². The van der Waals surface area contributed by atoms with Crippen LogP contribution in [0.15, 0.2) is 41.3 Å². The van der Waals surface area contributed by atoms with Crippen LogP contribution in [0.1, 0.15) is 5.56 Å². The zero-order valence-electron chi connectivity index (χ0n) is 9.98. The van der Waals surface area contributed by atoms with Crippen molar-refractivity contribution in [1.82, 2.24) is 0 Å². The maximum Gasteiger partial charge on any atom is 0.184 e. The Hall–Kier alpha value is -1.70. The summed E-state index contributed by atoms with van der Waals surface area (Å²) in [6, 6.07) is 11.7. The molecule has 0 aliphatic carbocycles. The summed E-state index contributed by atoms with van der Waals surface area (Å²) in [5.74, 6) is -0.319. The van der Waals surface area contributed by atoms with Gasteiger partial charge in [-0.25, -0.2) is 4.39 Å². The van der Waals surface area contributed by atoms with Crippen LogP contribution in [-0.4, -0.2) is 6.26 Å². The Kier molecular flexibility index (Phi) is 4.31. The van der Waals surface area contributed by atoms with Crippen molar-refractivity contribution in [2.24, 2.45) is 0 Å². The minimum absolute atomic E-state index is 0.00209. The van der Waals surface area contributed by atoms with E-state index < -0.39 is 5.82 Å². The predicted molar refractivity (Wildman–Crippen MR) is 74.4 cm³/mol. The number of ether oxygens (including phenoxy) is 1. The molecule has 96 valence electrons. The van der Waals surface area contributed by atoms with E-state index in [1.54, 1.807) is 18.2 Å². The van der Waals surface area contributed by atoms with E-state index in [1.165, 1.54) is 23.9 Å². The summed E-state index contributed by atoms with van der Waals surface area (Å²) in [5.41, 5.74) is 0.384. The highest BCUT2D eigenvalue weighted by Gasteiger charge is 2.13. The number of halogens is 2. The summed E-state index contributed by atoms with van der Waals surface area (Å²) in [6.45, 7) is 0. The highest BCUT2D eigenvalue weighted by Crippen LogP contribution is 2.33. The second-order valence-electron chi connectivity index (χ2n) is 3.60. The Balaban J connectivity index is 2.44. The summed E-state index contributed by atoms with van der Waals surface area (Å²) in [6.07, 6.45) is 1.86. The van der Waals surface area contributed by atoms with Gasteiger partial charge in [-0.05, 0) is 30.5 Å². The molecule has 0 heterocycles. The lowest BCUT2D eigenvalue weighted by Crippen LogP contribution is -1.93. The number of hydrogen-bond donors (Lipinski definition) is 0. The minimum atomic E-state index is -0.636. The quantitative estimate of drug-likeness (QED) is 0.757. The molecule has 0 aromatic heterocycles. The standard InChI is InChI=1S/C14H9ClFNOS/c1-19-13-7-3-5-11(9(13)8-17)18-12-6-2-4-10(15)14(12)16/h2-7H,1H3. The first-order valence-corrected chi connectivity index (χ1v) is 6.96. The van der Waals surface area contributed by atoms with Gasteiger partial charge in [-0.2, -0.15) is 5.26 Å². The first-order valence-electron chi connectivity index (χ1n) is 5.36. The molecule has 2 rings (SSSR count). The van der Waals surface area contributed by atoms with Gasteiger partial charge in [-0.1, -0.05) is 23.7 Å². The van der Waals surface area contributed by atoms with Gasteiger partial charge >= 0.3 is 0 Å². The van der Waals surface area contributed by atoms with Gasteiger partial charge in [-0.3, -0.25) is 0 Å². The number of nitrogens with zero attached hydrogens (tertiary/aromatic N) is 1. The van der Waals surface area contributed by atoms with E-state index in [-0.39, 0.29) is 10.8 Å². The molecule has 0 aliphatic heterocycles. The molecule has 0 saturated heterocycles. The number of thioether (sulfide) groups is 1. The molecule has 2 aromatic carbocycles. The second-order valence-corrected chi connectivity index (χ2v) is 4.85. The third-order valence-electron chi connectivity index (χ3n) is 2.46. The van der Waals surface area contributed by atoms with Gasteiger partial charge in [0.2, 0.25) is 0 Å². The lowest BCUT2D eigenvalue weighted by molar-refractivity contribution is 0.440. The monoisotopic (exact) mass is 293 g/mol. The Morgan fingerprint density at radius 3 is 2.58 bits per heavy atom. The SMILES string of the molecule is CSc1cccc(Oc2cccc(Cl)c2F)c1C#N. The molecule has 0 amide bonds. The van der Waals surface area contributed by atoms with Crippen molar-refractivity contribution in [3.8, 4) is 17.6 Å². The van der Waals surface area contributed by atoms with Crippen LogP contribution in [0.5, 0.6) is 11.5 Å². The summed E-state index contributed by atoms with van der Waals surface area (Å²) >= 11 is 7.12. The molecule has 0 radical (unpaired) electrons. The van der Waals surface area contributed by atoms with Crippen LogP contribution in [-0.2, 0) is 0 Å². The van der Waals surface area contributed by atoms with Crippen molar-refractivity contribution in [3.05, 3.63) is 52.8 Å². The van der Waals surface area contributed by atoms with Gasteiger partial charge in [0.25, 0.3) is 0 Å². The molecule has 0 bridgehead atoms. The lowest BCUT2D eigenvalue weighted by atomic mass is 10.2. The van der Waals surface area contributed by atoms with Gasteiger partial charge in [-0.15, -0.1) is 11.8 Å². The first kappa shape index (κ1) is 13.7. The molecule has 2 aromatic rings. The van der Waals surface area contributed by atoms with Crippen LogP contribution in [0.2, 0.25) is 5.02 Å². The summed E-state index contributed by atoms with van der Waals surface area (Å²) < 4.78 is 19.2. The van der Waals surface area contributed by atoms with Crippen molar-refractivity contribution < 1.29 is 9.13 Å². The average Bonchev–Trinajstić information content (AvgIpc) is 2.43. The van der Waals surface area contributed by atoms with Crippen molar-refractivity contribution >= 4 is 23.4 Å². The van der Waals surface area contributed by atoms with Crippen molar-refractivity contribution in [2.75, 3.05) is 6.26 Å². The molecule has 0 spiro atoms. The first-order chi connectivity index (χ1) is 9.17. The van der Waals surface area contributed by atoms with Crippen molar-refractivity contribution in [1.29, 1.82) is 5.26 Å². The Morgan fingerprint density at radius 2 is 1.89 bits per heavy atom. The maximum atomic E-state index is 13.8. The van der Waals surface area contributed by atoms with Crippen LogP contribution < -0.4 is 4.74 Å².